The lowest BCUT2D eigenvalue weighted by Crippen LogP contribution is -2.37. The molecule has 0 spiro atoms. The minimum Gasteiger partial charge on any atom is -0.350 e. The highest BCUT2D eigenvalue weighted by Crippen LogP contribution is 2.32. The monoisotopic (exact) mass is 466 g/mol. The first-order valence-corrected chi connectivity index (χ1v) is 11.8. The van der Waals surface area contributed by atoms with Crippen molar-refractivity contribution in [2.45, 2.75) is 20.4 Å². The lowest BCUT2D eigenvalue weighted by Gasteiger charge is -2.13. The van der Waals surface area contributed by atoms with Gasteiger partial charge in [-0.3, -0.25) is 24.0 Å². The minimum atomic E-state index is -0.328. The zero-order valence-corrected chi connectivity index (χ0v) is 19.3. The number of hydrogen-bond acceptors (Lipinski definition) is 6. The molecule has 3 amide bonds. The number of rotatable bonds is 7. The molecule has 164 valence electrons. The first kappa shape index (κ1) is 22.0. The van der Waals surface area contributed by atoms with Crippen LogP contribution in [0.15, 0.2) is 52.7 Å². The zero-order valence-electron chi connectivity index (χ0n) is 17.7. The second kappa shape index (κ2) is 9.54. The molecule has 4 rings (SSSR count). The first-order chi connectivity index (χ1) is 15.4. The van der Waals surface area contributed by atoms with E-state index in [1.807, 2.05) is 59.5 Å². The number of nitrogens with zero attached hydrogens (tertiary/aromatic N) is 3. The topological polar surface area (TPSA) is 84.3 Å². The summed E-state index contributed by atoms with van der Waals surface area (Å²) in [4.78, 5) is 40.1. The van der Waals surface area contributed by atoms with Crippen LogP contribution in [0.1, 0.15) is 32.2 Å². The molecule has 0 unspecified atom stereocenters. The molecule has 1 saturated heterocycles. The average molecular weight is 467 g/mol. The molecule has 9 heteroatoms. The Hall–Kier alpha value is -3.17. The number of aryl methyl sites for hydroxylation is 1. The number of benzene rings is 1. The second-order valence-electron chi connectivity index (χ2n) is 7.29. The summed E-state index contributed by atoms with van der Waals surface area (Å²) < 4.78 is 1.81. The van der Waals surface area contributed by atoms with Gasteiger partial charge in [0.05, 0.1) is 22.7 Å². The first-order valence-electron chi connectivity index (χ1n) is 10.1. The van der Waals surface area contributed by atoms with E-state index >= 15 is 0 Å². The maximum atomic E-state index is 12.8. The van der Waals surface area contributed by atoms with Gasteiger partial charge in [-0.2, -0.15) is 5.10 Å². The van der Waals surface area contributed by atoms with E-state index in [1.165, 1.54) is 16.2 Å². The smallest absolute Gasteiger partial charge is 0.293 e. The van der Waals surface area contributed by atoms with Gasteiger partial charge in [-0.05, 0) is 48.7 Å². The van der Waals surface area contributed by atoms with Crippen LogP contribution in [0.3, 0.4) is 0 Å². The van der Waals surface area contributed by atoms with Crippen molar-refractivity contribution in [3.8, 4) is 0 Å². The summed E-state index contributed by atoms with van der Waals surface area (Å²) in [5.74, 6) is -0.592. The number of imide groups is 1. The minimum absolute atomic E-state index is 0.119. The molecule has 0 radical (unpaired) electrons. The Morgan fingerprint density at radius 1 is 1.12 bits per heavy atom. The van der Waals surface area contributed by atoms with Crippen LogP contribution in [0.4, 0.5) is 4.79 Å². The number of thioether (sulfide) groups is 1. The van der Waals surface area contributed by atoms with Crippen LogP contribution in [0, 0.1) is 13.8 Å². The third kappa shape index (κ3) is 4.68. The van der Waals surface area contributed by atoms with Crippen LogP contribution >= 0.6 is 23.1 Å². The Labute approximate surface area is 194 Å². The maximum absolute atomic E-state index is 12.8. The molecule has 1 aromatic carbocycles. The van der Waals surface area contributed by atoms with Gasteiger partial charge in [0.25, 0.3) is 17.1 Å². The fourth-order valence-corrected chi connectivity index (χ4v) is 5.09. The number of aromatic nitrogens is 2. The predicted octanol–water partition coefficient (Wildman–Crippen LogP) is 4.08. The van der Waals surface area contributed by atoms with Gasteiger partial charge in [0.2, 0.25) is 0 Å². The highest BCUT2D eigenvalue weighted by Gasteiger charge is 2.34. The van der Waals surface area contributed by atoms with Gasteiger partial charge in [-0.1, -0.05) is 36.4 Å². The molecule has 32 heavy (non-hydrogen) atoms. The number of thiophene rings is 1. The summed E-state index contributed by atoms with van der Waals surface area (Å²) >= 11 is 2.43. The summed E-state index contributed by atoms with van der Waals surface area (Å²) in [6.45, 7) is 4.54. The number of amides is 3. The molecule has 3 heterocycles. The summed E-state index contributed by atoms with van der Waals surface area (Å²) in [5.41, 5.74) is 3.03. The SMILES string of the molecule is Cc1nn(Cc2ccccc2)c(C)c1C(=O)NCCN1C(=O)SC(=Cc2cccs2)C1=O. The normalized spacial score (nSPS) is 15.1. The molecule has 2 aromatic heterocycles. The van der Waals surface area contributed by atoms with Gasteiger partial charge < -0.3 is 5.32 Å². The van der Waals surface area contributed by atoms with Crippen LogP contribution in [0.2, 0.25) is 0 Å². The van der Waals surface area contributed by atoms with Crippen molar-refractivity contribution in [3.63, 3.8) is 0 Å². The van der Waals surface area contributed by atoms with E-state index < -0.39 is 0 Å². The zero-order chi connectivity index (χ0) is 22.7. The number of carbonyl (C=O) groups excluding carboxylic acids is 3. The van der Waals surface area contributed by atoms with Crippen LogP contribution < -0.4 is 5.32 Å². The van der Waals surface area contributed by atoms with Gasteiger partial charge >= 0.3 is 0 Å². The lowest BCUT2D eigenvalue weighted by molar-refractivity contribution is -0.122. The van der Waals surface area contributed by atoms with E-state index in [9.17, 15) is 14.4 Å². The van der Waals surface area contributed by atoms with Crippen LogP contribution in [-0.2, 0) is 11.3 Å². The standard InChI is InChI=1S/C23H22N4O3S2/c1-15-20(16(2)27(25-15)14-17-7-4-3-5-8-17)21(28)24-10-11-26-22(29)19(32-23(26)30)13-18-9-6-12-31-18/h3-9,12-13H,10-11,14H2,1-2H3,(H,24,28). The van der Waals surface area contributed by atoms with Gasteiger partial charge in [0, 0.05) is 23.7 Å². The molecule has 0 atom stereocenters. The van der Waals surface area contributed by atoms with Crippen molar-refractivity contribution in [2.75, 3.05) is 13.1 Å². The quantitative estimate of drug-likeness (QED) is 0.531. The van der Waals surface area contributed by atoms with Crippen molar-refractivity contribution in [1.82, 2.24) is 20.0 Å². The third-order valence-corrected chi connectivity index (χ3v) is 6.82. The largest absolute Gasteiger partial charge is 0.350 e. The highest BCUT2D eigenvalue weighted by molar-refractivity contribution is 8.18. The van der Waals surface area contributed by atoms with Crippen LogP contribution in [-0.4, -0.2) is 44.8 Å². The van der Waals surface area contributed by atoms with Crippen molar-refractivity contribution in [1.29, 1.82) is 0 Å². The Morgan fingerprint density at radius 3 is 2.62 bits per heavy atom. The Bertz CT molecular complexity index is 1180. The van der Waals surface area contributed by atoms with E-state index in [0.29, 0.717) is 22.7 Å². The third-order valence-electron chi connectivity index (χ3n) is 5.09. The van der Waals surface area contributed by atoms with Gasteiger partial charge in [0.15, 0.2) is 0 Å². The van der Waals surface area contributed by atoms with Gasteiger partial charge in [-0.25, -0.2) is 0 Å². The average Bonchev–Trinajstić information content (AvgIpc) is 3.44. The maximum Gasteiger partial charge on any atom is 0.293 e. The molecule has 0 bridgehead atoms. The van der Waals surface area contributed by atoms with E-state index in [2.05, 4.69) is 10.4 Å². The molecular formula is C23H22N4O3S2. The van der Waals surface area contributed by atoms with Crippen molar-refractivity contribution in [3.05, 3.63) is 80.1 Å². The summed E-state index contributed by atoms with van der Waals surface area (Å²) in [6.07, 6.45) is 1.72. The fraction of sp³-hybridized carbons (Fsp3) is 0.217. The van der Waals surface area contributed by atoms with Crippen LogP contribution in [0.25, 0.3) is 6.08 Å². The molecular weight excluding hydrogens is 444 g/mol. The Morgan fingerprint density at radius 2 is 1.91 bits per heavy atom. The Kier molecular flexibility index (Phi) is 6.57. The van der Waals surface area contributed by atoms with E-state index in [4.69, 9.17) is 0 Å². The molecule has 1 fully saturated rings. The van der Waals surface area contributed by atoms with E-state index in [1.54, 1.807) is 13.0 Å². The van der Waals surface area contributed by atoms with Crippen molar-refractivity contribution in [2.24, 2.45) is 0 Å². The lowest BCUT2D eigenvalue weighted by atomic mass is 10.1. The Balaban J connectivity index is 1.37. The number of hydrogen-bond donors (Lipinski definition) is 1. The predicted molar refractivity (Wildman–Crippen MR) is 127 cm³/mol. The molecule has 1 aliphatic rings. The highest BCUT2D eigenvalue weighted by atomic mass is 32.2. The molecule has 0 saturated carbocycles. The molecule has 7 nitrogen and oxygen atoms in total. The van der Waals surface area contributed by atoms with Gasteiger partial charge in [0.1, 0.15) is 0 Å². The molecule has 1 N–H and O–H groups in total. The van der Waals surface area contributed by atoms with E-state index in [-0.39, 0.29) is 30.1 Å². The van der Waals surface area contributed by atoms with Crippen molar-refractivity contribution >= 4 is 46.2 Å². The fourth-order valence-electron chi connectivity index (χ4n) is 3.50. The molecule has 3 aromatic rings. The van der Waals surface area contributed by atoms with Crippen LogP contribution in [0.5, 0.6) is 0 Å². The summed E-state index contributed by atoms with van der Waals surface area (Å²) in [6, 6.07) is 13.7. The molecule has 1 aliphatic heterocycles. The number of carbonyl (C=O) groups is 3. The second-order valence-corrected chi connectivity index (χ2v) is 9.27. The summed E-state index contributed by atoms with van der Waals surface area (Å²) in [7, 11) is 0. The molecule has 0 aliphatic carbocycles. The number of nitrogens with one attached hydrogen (secondary N) is 1. The van der Waals surface area contributed by atoms with Gasteiger partial charge in [-0.15, -0.1) is 11.3 Å². The summed E-state index contributed by atoms with van der Waals surface area (Å²) in [5, 5.41) is 8.92. The van der Waals surface area contributed by atoms with E-state index in [0.717, 1.165) is 27.9 Å². The van der Waals surface area contributed by atoms with Crippen molar-refractivity contribution < 1.29 is 14.4 Å².